The first-order valence-corrected chi connectivity index (χ1v) is 13.4. The minimum atomic E-state index is -3.94. The maximum atomic E-state index is 9.54. The number of aliphatic hydroxyl groups excluding tert-OH is 1. The van der Waals surface area contributed by atoms with Crippen molar-refractivity contribution in [1.82, 2.24) is 15.5 Å². The number of ether oxygens (including phenoxy) is 1. The molecule has 1 atom stereocenters. The van der Waals surface area contributed by atoms with Crippen molar-refractivity contribution < 1.29 is 24.2 Å². The molecule has 0 aromatic heterocycles. The fraction of sp³-hybridized carbons (Fsp3) is 1.00. The van der Waals surface area contributed by atoms with Crippen LogP contribution in [0.2, 0.25) is 6.04 Å². The highest BCUT2D eigenvalue weighted by molar-refractivity contribution is 6.56. The second-order valence-corrected chi connectivity index (χ2v) is 9.12. The zero-order chi connectivity index (χ0) is 24.4. The molecule has 0 aromatic carbocycles. The van der Waals surface area contributed by atoms with Crippen molar-refractivity contribution in [3.63, 3.8) is 0 Å². The SMILES string of the molecule is CCC.CCN(CCN)CCN.NCCNCCNCC(O)COCCC[Si](O)(O)O. The molecule has 192 valence electrons. The van der Waals surface area contributed by atoms with Crippen LogP contribution in [0.4, 0.5) is 0 Å². The van der Waals surface area contributed by atoms with Crippen LogP contribution in [0.1, 0.15) is 33.6 Å². The molecule has 0 spiro atoms. The van der Waals surface area contributed by atoms with Gasteiger partial charge in [-0.2, -0.15) is 0 Å². The van der Waals surface area contributed by atoms with E-state index in [4.69, 9.17) is 36.3 Å². The summed E-state index contributed by atoms with van der Waals surface area (Å²) in [6.45, 7) is 14.6. The number of nitrogens with one attached hydrogen (secondary N) is 2. The number of nitrogens with two attached hydrogens (primary N) is 3. The summed E-state index contributed by atoms with van der Waals surface area (Å²) in [5.74, 6) is 0. The van der Waals surface area contributed by atoms with Crippen LogP contribution in [0, 0.1) is 0 Å². The molecular weight excluding hydrogens is 420 g/mol. The summed E-state index contributed by atoms with van der Waals surface area (Å²) in [5, 5.41) is 15.7. The maximum Gasteiger partial charge on any atom is 0.492 e. The van der Waals surface area contributed by atoms with E-state index in [1.165, 1.54) is 6.42 Å². The lowest BCUT2D eigenvalue weighted by Crippen LogP contribution is -2.36. The maximum absolute atomic E-state index is 9.54. The van der Waals surface area contributed by atoms with Crippen LogP contribution < -0.4 is 27.8 Å². The third-order valence-electron chi connectivity index (χ3n) is 3.63. The van der Waals surface area contributed by atoms with Crippen molar-refractivity contribution in [2.75, 3.05) is 78.7 Å². The van der Waals surface area contributed by atoms with Gasteiger partial charge in [0.2, 0.25) is 0 Å². The van der Waals surface area contributed by atoms with E-state index in [2.05, 4.69) is 36.3 Å². The van der Waals surface area contributed by atoms with Crippen LogP contribution in [0.15, 0.2) is 0 Å². The van der Waals surface area contributed by atoms with Crippen LogP contribution in [0.5, 0.6) is 0 Å². The topological polar surface area (TPSA) is 196 Å². The molecule has 0 aliphatic heterocycles. The largest absolute Gasteiger partial charge is 0.492 e. The van der Waals surface area contributed by atoms with Gasteiger partial charge in [0.1, 0.15) is 0 Å². The molecule has 0 amide bonds. The quantitative estimate of drug-likeness (QED) is 0.0752. The Kier molecular flexibility index (Phi) is 31.7. The number of rotatable bonds is 18. The lowest BCUT2D eigenvalue weighted by Gasteiger charge is -2.17. The van der Waals surface area contributed by atoms with Crippen LogP contribution >= 0.6 is 0 Å². The molecule has 0 aromatic rings. The smallest absolute Gasteiger partial charge is 0.390 e. The summed E-state index contributed by atoms with van der Waals surface area (Å²) in [7, 11) is -3.94. The third kappa shape index (κ3) is 37.4. The molecule has 1 unspecified atom stereocenters. The molecule has 0 aliphatic carbocycles. The first kappa shape index (κ1) is 35.4. The predicted octanol–water partition coefficient (Wildman–Crippen LogP) is -2.55. The van der Waals surface area contributed by atoms with Gasteiger partial charge >= 0.3 is 8.80 Å². The van der Waals surface area contributed by atoms with Gasteiger partial charge in [-0.3, -0.25) is 0 Å². The molecule has 12 heteroatoms. The Labute approximate surface area is 190 Å². The van der Waals surface area contributed by atoms with Crippen molar-refractivity contribution >= 4 is 8.80 Å². The molecular formula is C19H52N6O5Si. The van der Waals surface area contributed by atoms with Gasteiger partial charge in [0, 0.05) is 71.6 Å². The highest BCUT2D eigenvalue weighted by Crippen LogP contribution is 2.01. The van der Waals surface area contributed by atoms with Crippen molar-refractivity contribution in [3.8, 4) is 0 Å². The standard InChI is InChI=1S/C10H27N3O5Si.C6H17N3.C3H8/c11-2-3-12-4-5-13-8-10(14)9-18-6-1-7-19(15,16)17;1-2-9(5-3-7)6-4-8;1-3-2/h10,12-17H,1-9,11H2;2-8H2,1H3;3H2,1-2H3. The van der Waals surface area contributed by atoms with Gasteiger partial charge in [-0.05, 0) is 13.0 Å². The highest BCUT2D eigenvalue weighted by atomic mass is 28.4. The monoisotopic (exact) mass is 472 g/mol. The number of nitrogens with zero attached hydrogens (tertiary/aromatic N) is 1. The minimum absolute atomic E-state index is 0.0475. The number of aliphatic hydroxyl groups is 1. The first-order chi connectivity index (χ1) is 14.7. The Hall–Kier alpha value is -0.223. The van der Waals surface area contributed by atoms with Gasteiger partial charge in [-0.1, -0.05) is 27.2 Å². The molecule has 0 fully saturated rings. The molecule has 0 bridgehead atoms. The van der Waals surface area contributed by atoms with E-state index in [1.54, 1.807) is 0 Å². The average Bonchev–Trinajstić information content (AvgIpc) is 2.70. The van der Waals surface area contributed by atoms with Gasteiger partial charge in [-0.15, -0.1) is 0 Å². The van der Waals surface area contributed by atoms with Gasteiger partial charge in [-0.25, -0.2) is 0 Å². The van der Waals surface area contributed by atoms with E-state index in [9.17, 15) is 5.11 Å². The van der Waals surface area contributed by atoms with E-state index >= 15 is 0 Å². The second-order valence-electron chi connectivity index (χ2n) is 7.07. The second kappa shape index (κ2) is 27.8. The van der Waals surface area contributed by atoms with Crippen LogP contribution in [-0.2, 0) is 4.74 Å². The summed E-state index contributed by atoms with van der Waals surface area (Å²) in [6.07, 6.45) is 1.01. The Balaban J connectivity index is -0.000000542. The van der Waals surface area contributed by atoms with Gasteiger partial charge < -0.3 is 57.0 Å². The van der Waals surface area contributed by atoms with Gasteiger partial charge in [0.15, 0.2) is 0 Å². The van der Waals surface area contributed by atoms with Crippen molar-refractivity contribution in [1.29, 1.82) is 0 Å². The Morgan fingerprint density at radius 3 is 1.90 bits per heavy atom. The lowest BCUT2D eigenvalue weighted by atomic mass is 10.3. The molecule has 0 aliphatic rings. The van der Waals surface area contributed by atoms with E-state index in [0.29, 0.717) is 19.5 Å². The summed E-state index contributed by atoms with van der Waals surface area (Å²) < 4.78 is 5.15. The van der Waals surface area contributed by atoms with Gasteiger partial charge in [0.05, 0.1) is 12.7 Å². The van der Waals surface area contributed by atoms with Gasteiger partial charge in [0.25, 0.3) is 0 Å². The fourth-order valence-corrected chi connectivity index (χ4v) is 2.77. The van der Waals surface area contributed by atoms with E-state index in [1.807, 2.05) is 0 Å². The summed E-state index contributed by atoms with van der Waals surface area (Å²) >= 11 is 0. The average molecular weight is 473 g/mol. The van der Waals surface area contributed by atoms with Crippen LogP contribution in [-0.4, -0.2) is 118 Å². The number of hydrogen-bond acceptors (Lipinski definition) is 11. The molecule has 12 N–H and O–H groups in total. The first-order valence-electron chi connectivity index (χ1n) is 11.4. The van der Waals surface area contributed by atoms with Crippen LogP contribution in [0.3, 0.4) is 0 Å². The summed E-state index contributed by atoms with van der Waals surface area (Å²) in [6, 6.07) is -0.0475. The Bertz CT molecular complexity index is 325. The zero-order valence-corrected chi connectivity index (χ0v) is 21.1. The van der Waals surface area contributed by atoms with Crippen molar-refractivity contribution in [2.45, 2.75) is 45.8 Å². The van der Waals surface area contributed by atoms with Crippen molar-refractivity contribution in [3.05, 3.63) is 0 Å². The van der Waals surface area contributed by atoms with E-state index in [0.717, 1.165) is 52.4 Å². The van der Waals surface area contributed by atoms with E-state index < -0.39 is 14.9 Å². The minimum Gasteiger partial charge on any atom is -0.390 e. The summed E-state index contributed by atoms with van der Waals surface area (Å²) in [4.78, 5) is 28.5. The zero-order valence-electron chi connectivity index (χ0n) is 20.1. The highest BCUT2D eigenvalue weighted by Gasteiger charge is 2.25. The molecule has 31 heavy (non-hydrogen) atoms. The Morgan fingerprint density at radius 1 is 0.903 bits per heavy atom. The fourth-order valence-electron chi connectivity index (χ4n) is 2.16. The summed E-state index contributed by atoms with van der Waals surface area (Å²) in [5.41, 5.74) is 16.0. The lowest BCUT2D eigenvalue weighted by molar-refractivity contribution is 0.0364. The normalized spacial score (nSPS) is 12.1. The predicted molar refractivity (Wildman–Crippen MR) is 130 cm³/mol. The van der Waals surface area contributed by atoms with Crippen molar-refractivity contribution in [2.24, 2.45) is 17.2 Å². The third-order valence-corrected chi connectivity index (χ3v) is 4.65. The molecule has 0 radical (unpaired) electrons. The van der Waals surface area contributed by atoms with E-state index in [-0.39, 0.29) is 19.3 Å². The molecule has 0 saturated heterocycles. The van der Waals surface area contributed by atoms with Crippen LogP contribution in [0.25, 0.3) is 0 Å². The number of hydrogen-bond donors (Lipinski definition) is 9. The molecule has 0 saturated carbocycles. The molecule has 0 heterocycles. The molecule has 11 nitrogen and oxygen atoms in total. The Morgan fingerprint density at radius 2 is 1.45 bits per heavy atom. The molecule has 0 rings (SSSR count). The number of likely N-dealkylation sites (N-methyl/N-ethyl adjacent to an activating group) is 1.